The Balaban J connectivity index is 1.80. The average molecular weight is 398 g/mol. The number of fused-ring (bicyclic) bond motifs is 3. The Morgan fingerprint density at radius 3 is 2.10 bits per heavy atom. The topological polar surface area (TPSA) is 61.8 Å². The molecule has 0 amide bonds. The molecule has 2 unspecified atom stereocenters. The van der Waals surface area contributed by atoms with Crippen molar-refractivity contribution in [3.05, 3.63) is 16.7 Å². The minimum absolute atomic E-state index is 0.0347. The first kappa shape index (κ1) is 19.0. The summed E-state index contributed by atoms with van der Waals surface area (Å²) in [5.74, 6) is 2.73. The fourth-order valence-corrected chi connectivity index (χ4v) is 7.12. The number of aldehydes is 2. The number of hydrogen-bond acceptors (Lipinski definition) is 5. The zero-order chi connectivity index (χ0) is 20.8. The van der Waals surface area contributed by atoms with Crippen molar-refractivity contribution in [1.29, 1.82) is 0 Å². The number of carbonyl (C=O) groups is 2. The Morgan fingerprint density at radius 2 is 1.55 bits per heavy atom. The maximum Gasteiger partial charge on any atom is 0.157 e. The summed E-state index contributed by atoms with van der Waals surface area (Å²) < 4.78 is 18.7. The lowest BCUT2D eigenvalue weighted by Gasteiger charge is -2.55. The van der Waals surface area contributed by atoms with Crippen LogP contribution >= 0.6 is 0 Å². The summed E-state index contributed by atoms with van der Waals surface area (Å²) in [6, 6.07) is 0. The van der Waals surface area contributed by atoms with Gasteiger partial charge >= 0.3 is 0 Å². The highest BCUT2D eigenvalue weighted by Gasteiger charge is 2.67. The SMILES string of the molecule is COc1c(C=O)c2c3c(c1C=O)OC1(CC3CC(C)(C)O2)[C@@H]2CC[C@@H](C2)C1(C)C. The van der Waals surface area contributed by atoms with Crippen LogP contribution in [-0.4, -0.2) is 30.9 Å². The predicted octanol–water partition coefficient (Wildman–Crippen LogP) is 4.94. The second kappa shape index (κ2) is 5.77. The van der Waals surface area contributed by atoms with Gasteiger partial charge in [0.1, 0.15) is 28.5 Å². The van der Waals surface area contributed by atoms with Crippen LogP contribution in [0.15, 0.2) is 0 Å². The molecule has 2 bridgehead atoms. The zero-order valence-electron chi connectivity index (χ0n) is 18.0. The summed E-state index contributed by atoms with van der Waals surface area (Å²) in [6.45, 7) is 8.81. The number of ether oxygens (including phenoxy) is 3. The normalized spacial score (nSPS) is 34.9. The van der Waals surface area contributed by atoms with Crippen molar-refractivity contribution >= 4 is 12.6 Å². The van der Waals surface area contributed by atoms with Gasteiger partial charge in [-0.2, -0.15) is 0 Å². The molecule has 4 aliphatic rings. The van der Waals surface area contributed by atoms with Gasteiger partial charge in [0, 0.05) is 11.0 Å². The third-order valence-corrected chi connectivity index (χ3v) is 8.47. The Bertz CT molecular complexity index is 915. The lowest BCUT2D eigenvalue weighted by Crippen LogP contribution is -2.57. The van der Waals surface area contributed by atoms with Gasteiger partial charge in [0.25, 0.3) is 0 Å². The van der Waals surface area contributed by atoms with Crippen molar-refractivity contribution in [2.24, 2.45) is 17.3 Å². The molecule has 1 spiro atoms. The van der Waals surface area contributed by atoms with Gasteiger partial charge in [-0.05, 0) is 63.7 Å². The number of benzene rings is 1. The second-order valence-electron chi connectivity index (χ2n) is 10.6. The van der Waals surface area contributed by atoms with Crippen molar-refractivity contribution in [3.8, 4) is 17.2 Å². The maximum atomic E-state index is 12.2. The molecule has 156 valence electrons. The molecule has 0 N–H and O–H groups in total. The van der Waals surface area contributed by atoms with Gasteiger partial charge < -0.3 is 14.2 Å². The fourth-order valence-electron chi connectivity index (χ4n) is 7.12. The smallest absolute Gasteiger partial charge is 0.157 e. The zero-order valence-corrected chi connectivity index (χ0v) is 18.0. The molecule has 2 heterocycles. The van der Waals surface area contributed by atoms with Gasteiger partial charge in [-0.1, -0.05) is 13.8 Å². The first-order chi connectivity index (χ1) is 13.7. The molecular formula is C24H30O5. The van der Waals surface area contributed by atoms with E-state index in [1.54, 1.807) is 0 Å². The Kier molecular flexibility index (Phi) is 3.77. The van der Waals surface area contributed by atoms with Crippen molar-refractivity contribution in [3.63, 3.8) is 0 Å². The Labute approximate surface area is 172 Å². The standard InChI is InChI=1S/C24H30O5/c1-22(2)9-13-10-24(15-7-6-14(8-15)23(24,3)4)29-21-17(12-26)19(27-5)16(11-25)20(28-22)18(13)21/h11-15H,6-10H2,1-5H3/t13?,14-,15+,24?/m0/s1. The fraction of sp³-hybridized carbons (Fsp3) is 0.667. The molecule has 2 aliphatic heterocycles. The van der Waals surface area contributed by atoms with Gasteiger partial charge in [-0.15, -0.1) is 0 Å². The molecule has 4 atom stereocenters. The third kappa shape index (κ3) is 2.22. The van der Waals surface area contributed by atoms with Gasteiger partial charge in [-0.3, -0.25) is 9.59 Å². The van der Waals surface area contributed by atoms with Crippen LogP contribution in [0.3, 0.4) is 0 Å². The molecule has 0 aromatic heterocycles. The van der Waals surface area contributed by atoms with Gasteiger partial charge in [-0.25, -0.2) is 0 Å². The summed E-state index contributed by atoms with van der Waals surface area (Å²) in [7, 11) is 1.49. The quantitative estimate of drug-likeness (QED) is 0.675. The molecule has 2 aliphatic carbocycles. The van der Waals surface area contributed by atoms with Crippen LogP contribution in [0.4, 0.5) is 0 Å². The molecule has 5 nitrogen and oxygen atoms in total. The van der Waals surface area contributed by atoms with E-state index < -0.39 is 5.60 Å². The van der Waals surface area contributed by atoms with Crippen LogP contribution in [0.25, 0.3) is 0 Å². The van der Waals surface area contributed by atoms with E-state index in [4.69, 9.17) is 14.2 Å². The number of rotatable bonds is 3. The molecule has 29 heavy (non-hydrogen) atoms. The van der Waals surface area contributed by atoms with Gasteiger partial charge in [0.2, 0.25) is 0 Å². The lowest BCUT2D eigenvalue weighted by atomic mass is 9.59. The molecule has 5 heteroatoms. The van der Waals surface area contributed by atoms with E-state index in [-0.39, 0.29) is 22.7 Å². The van der Waals surface area contributed by atoms with E-state index in [0.29, 0.717) is 34.5 Å². The molecule has 0 radical (unpaired) electrons. The molecule has 0 saturated heterocycles. The minimum atomic E-state index is -0.402. The third-order valence-electron chi connectivity index (χ3n) is 8.47. The average Bonchev–Trinajstić information content (AvgIpc) is 3.22. The van der Waals surface area contributed by atoms with E-state index in [1.807, 2.05) is 0 Å². The summed E-state index contributed by atoms with van der Waals surface area (Å²) in [5, 5.41) is 0. The summed E-state index contributed by atoms with van der Waals surface area (Å²) in [4.78, 5) is 24.2. The van der Waals surface area contributed by atoms with Crippen LogP contribution in [0.2, 0.25) is 0 Å². The highest BCUT2D eigenvalue weighted by atomic mass is 16.5. The minimum Gasteiger partial charge on any atom is -0.495 e. The van der Waals surface area contributed by atoms with E-state index in [9.17, 15) is 9.59 Å². The van der Waals surface area contributed by atoms with Gasteiger partial charge in [0.05, 0.1) is 18.2 Å². The van der Waals surface area contributed by atoms with E-state index in [0.717, 1.165) is 31.0 Å². The van der Waals surface area contributed by atoms with E-state index in [2.05, 4.69) is 27.7 Å². The van der Waals surface area contributed by atoms with Crippen molar-refractivity contribution in [2.45, 2.75) is 76.9 Å². The summed E-state index contributed by atoms with van der Waals surface area (Å²) >= 11 is 0. The lowest BCUT2D eigenvalue weighted by molar-refractivity contribution is -0.111. The number of carbonyl (C=O) groups excluding carboxylic acids is 2. The highest BCUT2D eigenvalue weighted by molar-refractivity contribution is 5.96. The molecule has 2 saturated carbocycles. The first-order valence-electron chi connectivity index (χ1n) is 10.8. The van der Waals surface area contributed by atoms with Crippen molar-refractivity contribution in [1.82, 2.24) is 0 Å². The largest absolute Gasteiger partial charge is 0.495 e. The number of hydrogen-bond donors (Lipinski definition) is 0. The van der Waals surface area contributed by atoms with Gasteiger partial charge in [0.15, 0.2) is 12.6 Å². The van der Waals surface area contributed by atoms with Crippen LogP contribution in [0.5, 0.6) is 17.2 Å². The monoisotopic (exact) mass is 398 g/mol. The van der Waals surface area contributed by atoms with Crippen LogP contribution in [-0.2, 0) is 0 Å². The number of methoxy groups -OCH3 is 1. The van der Waals surface area contributed by atoms with Crippen molar-refractivity contribution in [2.75, 3.05) is 7.11 Å². The molecule has 5 rings (SSSR count). The molecule has 2 fully saturated rings. The first-order valence-corrected chi connectivity index (χ1v) is 10.8. The summed E-state index contributed by atoms with van der Waals surface area (Å²) in [5.41, 5.74) is 0.896. The van der Waals surface area contributed by atoms with E-state index >= 15 is 0 Å². The maximum absolute atomic E-state index is 12.2. The van der Waals surface area contributed by atoms with Crippen LogP contribution in [0, 0.1) is 17.3 Å². The second-order valence-corrected chi connectivity index (χ2v) is 10.6. The molecule has 1 aromatic rings. The molecule has 1 aromatic carbocycles. The Hall–Kier alpha value is -2.04. The van der Waals surface area contributed by atoms with Crippen LogP contribution < -0.4 is 14.2 Å². The predicted molar refractivity (Wildman–Crippen MR) is 108 cm³/mol. The summed E-state index contributed by atoms with van der Waals surface area (Å²) in [6.07, 6.45) is 6.91. The Morgan fingerprint density at radius 1 is 0.931 bits per heavy atom. The molecular weight excluding hydrogens is 368 g/mol. The highest BCUT2D eigenvalue weighted by Crippen LogP contribution is 2.69. The van der Waals surface area contributed by atoms with Crippen molar-refractivity contribution < 1.29 is 23.8 Å². The van der Waals surface area contributed by atoms with E-state index in [1.165, 1.54) is 26.4 Å². The van der Waals surface area contributed by atoms with Crippen LogP contribution in [0.1, 0.15) is 92.0 Å².